The van der Waals surface area contributed by atoms with E-state index >= 15 is 0 Å². The summed E-state index contributed by atoms with van der Waals surface area (Å²) < 4.78 is 6.98. The van der Waals surface area contributed by atoms with Crippen molar-refractivity contribution in [3.63, 3.8) is 0 Å². The number of benzene rings is 1. The van der Waals surface area contributed by atoms with Crippen molar-refractivity contribution in [1.29, 1.82) is 0 Å². The number of fused-ring (bicyclic) bond motifs is 3. The highest BCUT2D eigenvalue weighted by Gasteiger charge is 2.25. The molecule has 0 spiro atoms. The Morgan fingerprint density at radius 1 is 1.14 bits per heavy atom. The molecule has 0 radical (unpaired) electrons. The first kappa shape index (κ1) is 18.1. The Hall–Kier alpha value is -3.33. The molecule has 3 aromatic heterocycles. The summed E-state index contributed by atoms with van der Waals surface area (Å²) in [6.45, 7) is 0.418. The summed E-state index contributed by atoms with van der Waals surface area (Å²) in [5, 5.41) is 5.43. The van der Waals surface area contributed by atoms with Crippen LogP contribution in [0.15, 0.2) is 36.7 Å². The zero-order chi connectivity index (χ0) is 19.5. The molecule has 0 atom stereocenters. The molecule has 1 aliphatic carbocycles. The molecule has 1 fully saturated rings. The minimum absolute atomic E-state index is 0.343. The maximum Gasteiger partial charge on any atom is 0.223 e. The Morgan fingerprint density at radius 3 is 2.54 bits per heavy atom. The van der Waals surface area contributed by atoms with E-state index in [1.54, 1.807) is 30.1 Å². The summed E-state index contributed by atoms with van der Waals surface area (Å²) in [5.74, 6) is 3.07. The average molecular weight is 378 g/mol. The van der Waals surface area contributed by atoms with Gasteiger partial charge in [-0.25, -0.2) is 19.9 Å². The minimum atomic E-state index is 0.343. The van der Waals surface area contributed by atoms with Crippen LogP contribution in [0.4, 0.5) is 5.95 Å². The maximum absolute atomic E-state index is 6.01. The van der Waals surface area contributed by atoms with Crippen LogP contribution in [-0.2, 0) is 6.54 Å². The molecule has 3 heterocycles. The number of anilines is 1. The highest BCUT2D eigenvalue weighted by Crippen LogP contribution is 2.35. The van der Waals surface area contributed by atoms with Crippen LogP contribution in [0.2, 0.25) is 0 Å². The van der Waals surface area contributed by atoms with Gasteiger partial charge >= 0.3 is 0 Å². The first-order chi connectivity index (χ1) is 13.7. The summed E-state index contributed by atoms with van der Waals surface area (Å²) in [4.78, 5) is 16.8. The molecule has 144 valence electrons. The number of hydrogen-bond donors (Lipinski definition) is 2. The third-order valence-corrected chi connectivity index (χ3v) is 4.80. The average Bonchev–Trinajstić information content (AvgIpc) is 3.13. The fourth-order valence-corrected chi connectivity index (χ4v) is 3.08. The fraction of sp³-hybridized carbons (Fsp3) is 0.316. The van der Waals surface area contributed by atoms with Gasteiger partial charge in [0, 0.05) is 23.7 Å². The summed E-state index contributed by atoms with van der Waals surface area (Å²) in [6, 6.07) is 7.53. The van der Waals surface area contributed by atoms with Crippen molar-refractivity contribution in [2.24, 2.45) is 5.73 Å². The molecular formula is C19H22N8O. The number of ether oxygens (including phenoxy) is 1. The van der Waals surface area contributed by atoms with E-state index in [0.717, 1.165) is 35.2 Å². The van der Waals surface area contributed by atoms with Gasteiger partial charge in [0.05, 0.1) is 13.7 Å². The van der Waals surface area contributed by atoms with E-state index < -0.39 is 0 Å². The molecule has 0 unspecified atom stereocenters. The van der Waals surface area contributed by atoms with Crippen molar-refractivity contribution in [2.45, 2.75) is 31.7 Å². The lowest BCUT2D eigenvalue weighted by Gasteiger charge is -2.21. The third kappa shape index (κ3) is 3.31. The molecule has 1 aliphatic rings. The van der Waals surface area contributed by atoms with E-state index in [9.17, 15) is 0 Å². The van der Waals surface area contributed by atoms with Crippen molar-refractivity contribution in [2.75, 3.05) is 12.8 Å². The van der Waals surface area contributed by atoms with E-state index in [1.807, 2.05) is 18.2 Å². The quantitative estimate of drug-likeness (QED) is 0.554. The Balaban J connectivity index is 0.000000203. The van der Waals surface area contributed by atoms with Gasteiger partial charge in [0.25, 0.3) is 0 Å². The zero-order valence-electron chi connectivity index (χ0n) is 15.6. The van der Waals surface area contributed by atoms with Gasteiger partial charge in [-0.15, -0.1) is 5.10 Å². The van der Waals surface area contributed by atoms with Gasteiger partial charge < -0.3 is 16.2 Å². The molecule has 4 N–H and O–H groups in total. The van der Waals surface area contributed by atoms with E-state index in [2.05, 4.69) is 25.0 Å². The van der Waals surface area contributed by atoms with Gasteiger partial charge in [-0.05, 0) is 31.0 Å². The summed E-state index contributed by atoms with van der Waals surface area (Å²) in [6.07, 6.45) is 6.92. The molecule has 28 heavy (non-hydrogen) atoms. The molecule has 1 aromatic carbocycles. The Bertz CT molecular complexity index is 1090. The third-order valence-electron chi connectivity index (χ3n) is 4.80. The number of nitrogens with zero attached hydrogens (tertiary/aromatic N) is 6. The monoisotopic (exact) mass is 378 g/mol. The molecule has 4 aromatic rings. The first-order valence-electron chi connectivity index (χ1n) is 9.16. The van der Waals surface area contributed by atoms with Crippen LogP contribution in [0.3, 0.4) is 0 Å². The molecule has 0 aliphatic heterocycles. The van der Waals surface area contributed by atoms with E-state index in [1.165, 1.54) is 6.42 Å². The van der Waals surface area contributed by atoms with Gasteiger partial charge in [0.15, 0.2) is 11.5 Å². The van der Waals surface area contributed by atoms with Crippen molar-refractivity contribution in [3.8, 4) is 5.75 Å². The highest BCUT2D eigenvalue weighted by atomic mass is 16.5. The molecule has 0 amide bonds. The molecule has 1 saturated carbocycles. The van der Waals surface area contributed by atoms with Gasteiger partial charge in [0.1, 0.15) is 17.1 Å². The van der Waals surface area contributed by atoms with Crippen molar-refractivity contribution in [1.82, 2.24) is 29.5 Å². The smallest absolute Gasteiger partial charge is 0.223 e. The Morgan fingerprint density at radius 2 is 1.93 bits per heavy atom. The molecule has 5 rings (SSSR count). The van der Waals surface area contributed by atoms with Gasteiger partial charge in [-0.1, -0.05) is 12.5 Å². The number of methoxy groups -OCH3 is 1. The van der Waals surface area contributed by atoms with E-state index in [0.29, 0.717) is 30.0 Å². The second-order valence-electron chi connectivity index (χ2n) is 6.53. The predicted octanol–water partition coefficient (Wildman–Crippen LogP) is 2.07. The Kier molecular flexibility index (Phi) is 4.98. The van der Waals surface area contributed by atoms with Crippen LogP contribution in [-0.4, -0.2) is 36.7 Å². The fourth-order valence-electron chi connectivity index (χ4n) is 3.08. The number of rotatable bonds is 3. The summed E-state index contributed by atoms with van der Waals surface area (Å²) >= 11 is 0. The van der Waals surface area contributed by atoms with E-state index in [4.69, 9.17) is 16.2 Å². The lowest BCUT2D eigenvalue weighted by atomic mass is 9.85. The second-order valence-corrected chi connectivity index (χ2v) is 6.53. The lowest BCUT2D eigenvalue weighted by Crippen LogP contribution is -2.10. The molecule has 0 saturated heterocycles. The molecule has 9 nitrogen and oxygen atoms in total. The standard InChI is InChI=1S/C14H15N5O.C5H7N3/c1-20-10-7-3-6-9-11(10)16-14(15)19-13(9)17-12(18-19)8-4-2-5-8;6-4-5-7-2-1-3-8-5/h3,6-8H,2,4-5H2,1H3,(H2,15,16);1-3H,4,6H2. The summed E-state index contributed by atoms with van der Waals surface area (Å²) in [7, 11) is 1.63. The van der Waals surface area contributed by atoms with Crippen molar-refractivity contribution < 1.29 is 4.74 Å². The van der Waals surface area contributed by atoms with Crippen molar-refractivity contribution in [3.05, 3.63) is 48.3 Å². The normalized spacial score (nSPS) is 13.8. The second kappa shape index (κ2) is 7.73. The highest BCUT2D eigenvalue weighted by molar-refractivity contribution is 5.95. The SMILES string of the molecule is COc1cccc2c1nc(N)n1nc(C3CCC3)nc21.NCc1ncccn1. The van der Waals surface area contributed by atoms with Crippen LogP contribution in [0.25, 0.3) is 16.6 Å². The Labute approximate surface area is 161 Å². The lowest BCUT2D eigenvalue weighted by molar-refractivity contribution is 0.402. The van der Waals surface area contributed by atoms with Crippen LogP contribution < -0.4 is 16.2 Å². The number of hydrogen-bond acceptors (Lipinski definition) is 8. The van der Waals surface area contributed by atoms with E-state index in [-0.39, 0.29) is 0 Å². The van der Waals surface area contributed by atoms with Crippen LogP contribution in [0.5, 0.6) is 5.75 Å². The van der Waals surface area contributed by atoms with Gasteiger partial charge in [-0.3, -0.25) is 0 Å². The molecule has 9 heteroatoms. The van der Waals surface area contributed by atoms with Gasteiger partial charge in [0.2, 0.25) is 5.95 Å². The van der Waals surface area contributed by atoms with Crippen molar-refractivity contribution >= 4 is 22.5 Å². The summed E-state index contributed by atoms with van der Waals surface area (Å²) in [5.41, 5.74) is 12.7. The number of para-hydroxylation sites is 1. The maximum atomic E-state index is 6.01. The largest absolute Gasteiger partial charge is 0.494 e. The number of nitrogens with two attached hydrogens (primary N) is 2. The number of nitrogen functional groups attached to an aromatic ring is 1. The van der Waals surface area contributed by atoms with Crippen LogP contribution >= 0.6 is 0 Å². The minimum Gasteiger partial charge on any atom is -0.494 e. The van der Waals surface area contributed by atoms with Gasteiger partial charge in [-0.2, -0.15) is 4.52 Å². The van der Waals surface area contributed by atoms with Crippen LogP contribution in [0, 0.1) is 0 Å². The first-order valence-corrected chi connectivity index (χ1v) is 9.16. The molecule has 0 bridgehead atoms. The zero-order valence-corrected chi connectivity index (χ0v) is 15.6. The van der Waals surface area contributed by atoms with Crippen LogP contribution in [0.1, 0.15) is 36.8 Å². The predicted molar refractivity (Wildman–Crippen MR) is 106 cm³/mol. The number of aromatic nitrogens is 6. The topological polar surface area (TPSA) is 130 Å². The molecular weight excluding hydrogens is 356 g/mol.